The van der Waals surface area contributed by atoms with Crippen molar-refractivity contribution < 1.29 is 45.4 Å². The van der Waals surface area contributed by atoms with Crippen molar-refractivity contribution in [1.82, 2.24) is 24.9 Å². The molecule has 4 aliphatic rings. The van der Waals surface area contributed by atoms with Gasteiger partial charge in [-0.15, -0.1) is 11.3 Å². The molecule has 296 valence electrons. The molecule has 7 rings (SSSR count). The van der Waals surface area contributed by atoms with Gasteiger partial charge in [0.05, 0.1) is 29.4 Å². The Morgan fingerprint density at radius 3 is 2.56 bits per heavy atom. The third kappa shape index (κ3) is 7.53. The van der Waals surface area contributed by atoms with E-state index in [1.54, 1.807) is 37.9 Å². The van der Waals surface area contributed by atoms with E-state index in [1.807, 2.05) is 12.2 Å². The molecule has 5 atom stereocenters. The van der Waals surface area contributed by atoms with Gasteiger partial charge in [0.15, 0.2) is 5.69 Å². The molecule has 3 saturated carbocycles. The molecule has 1 aliphatic heterocycles. The number of pyridine rings is 1. The first-order valence-corrected chi connectivity index (χ1v) is 20.8. The van der Waals surface area contributed by atoms with Crippen LogP contribution in [0.2, 0.25) is 0 Å². The van der Waals surface area contributed by atoms with Crippen molar-refractivity contribution in [1.29, 1.82) is 0 Å². The van der Waals surface area contributed by atoms with Crippen LogP contribution in [0, 0.1) is 24.7 Å². The fourth-order valence-electron chi connectivity index (χ4n) is 7.67. The molecule has 0 bridgehead atoms. The van der Waals surface area contributed by atoms with Gasteiger partial charge in [-0.25, -0.2) is 18.4 Å². The average Bonchev–Trinajstić information content (AvgIpc) is 3.99. The molecule has 2 N–H and O–H groups in total. The van der Waals surface area contributed by atoms with Crippen LogP contribution < -0.4 is 19.5 Å². The van der Waals surface area contributed by atoms with Crippen molar-refractivity contribution in [3.63, 3.8) is 0 Å². The van der Waals surface area contributed by atoms with Gasteiger partial charge in [0.1, 0.15) is 27.7 Å². The number of allylic oxidation sites excluding steroid dienone is 1. The highest BCUT2D eigenvalue weighted by Crippen LogP contribution is 2.48. The number of rotatable bonds is 7. The Labute approximate surface area is 321 Å². The number of carbonyl (C=O) groups is 3. The van der Waals surface area contributed by atoms with E-state index in [-0.39, 0.29) is 35.9 Å². The van der Waals surface area contributed by atoms with Crippen molar-refractivity contribution in [3.05, 3.63) is 47.0 Å². The van der Waals surface area contributed by atoms with Crippen LogP contribution in [0.1, 0.15) is 76.0 Å². The minimum Gasteiger partial charge on any atom is -0.496 e. The Morgan fingerprint density at radius 2 is 1.87 bits per heavy atom. The summed E-state index contributed by atoms with van der Waals surface area (Å²) in [5.41, 5.74) is -1.30. The molecule has 3 heterocycles. The van der Waals surface area contributed by atoms with Crippen molar-refractivity contribution in [2.75, 3.05) is 20.7 Å². The lowest BCUT2D eigenvalue weighted by Gasteiger charge is -2.37. The smallest absolute Gasteiger partial charge is 0.434 e. The van der Waals surface area contributed by atoms with E-state index in [9.17, 15) is 36.0 Å². The largest absolute Gasteiger partial charge is 0.496 e. The van der Waals surface area contributed by atoms with Gasteiger partial charge in [-0.3, -0.25) is 19.1 Å². The summed E-state index contributed by atoms with van der Waals surface area (Å²) < 4.78 is 80.1. The number of ether oxygens (including phenoxy) is 2. The predicted molar refractivity (Wildman–Crippen MR) is 199 cm³/mol. The summed E-state index contributed by atoms with van der Waals surface area (Å²) in [6.07, 6.45) is 2.58. The lowest BCUT2D eigenvalue weighted by Crippen LogP contribution is -2.56. The third-order valence-electron chi connectivity index (χ3n) is 11.6. The first-order valence-electron chi connectivity index (χ1n) is 18.4. The van der Waals surface area contributed by atoms with E-state index in [1.165, 1.54) is 13.2 Å². The maximum atomic E-state index is 14.4. The van der Waals surface area contributed by atoms with Gasteiger partial charge in [-0.2, -0.15) is 13.2 Å². The molecule has 0 saturated heterocycles. The van der Waals surface area contributed by atoms with Crippen molar-refractivity contribution >= 4 is 50.0 Å². The van der Waals surface area contributed by atoms with E-state index in [0.29, 0.717) is 60.2 Å². The summed E-state index contributed by atoms with van der Waals surface area (Å²) in [7, 11) is -0.782. The van der Waals surface area contributed by atoms with Gasteiger partial charge in [0, 0.05) is 47.8 Å². The lowest BCUT2D eigenvalue weighted by atomic mass is 9.76. The fourth-order valence-corrected chi connectivity index (χ4v) is 9.77. The van der Waals surface area contributed by atoms with Crippen LogP contribution in [0.3, 0.4) is 0 Å². The molecule has 17 heteroatoms. The molecule has 2 aromatic heterocycles. The Balaban J connectivity index is 1.21. The van der Waals surface area contributed by atoms with Gasteiger partial charge < -0.3 is 19.7 Å². The van der Waals surface area contributed by atoms with E-state index < -0.39 is 67.9 Å². The zero-order chi connectivity index (χ0) is 39.5. The van der Waals surface area contributed by atoms with E-state index in [0.717, 1.165) is 29.6 Å². The molecule has 1 unspecified atom stereocenters. The summed E-state index contributed by atoms with van der Waals surface area (Å²) in [6, 6.07) is 5.02. The molecular weight excluding hydrogens is 760 g/mol. The zero-order valence-electron chi connectivity index (χ0n) is 31.0. The van der Waals surface area contributed by atoms with Crippen LogP contribution >= 0.6 is 11.3 Å². The van der Waals surface area contributed by atoms with E-state index >= 15 is 0 Å². The van der Waals surface area contributed by atoms with Gasteiger partial charge >= 0.3 is 6.18 Å². The molecule has 3 aliphatic carbocycles. The zero-order valence-corrected chi connectivity index (χ0v) is 32.6. The Bertz CT molecular complexity index is 2170. The molecular formula is C38H44F3N5O7S2. The monoisotopic (exact) mass is 803 g/mol. The first kappa shape index (κ1) is 39.0. The summed E-state index contributed by atoms with van der Waals surface area (Å²) in [6.45, 7) is 3.86. The van der Waals surface area contributed by atoms with Gasteiger partial charge in [0.2, 0.25) is 21.8 Å². The second-order valence-electron chi connectivity index (χ2n) is 15.4. The number of benzene rings is 1. The quantitative estimate of drug-likeness (QED) is 0.277. The Morgan fingerprint density at radius 1 is 1.11 bits per heavy atom. The van der Waals surface area contributed by atoms with Crippen molar-refractivity contribution in [2.45, 2.75) is 94.2 Å². The lowest BCUT2D eigenvalue weighted by molar-refractivity contribution is -0.145. The van der Waals surface area contributed by atoms with Crippen LogP contribution in [-0.2, 0) is 30.6 Å². The maximum Gasteiger partial charge on any atom is 0.434 e. The topological polar surface area (TPSA) is 157 Å². The summed E-state index contributed by atoms with van der Waals surface area (Å²) >= 11 is 0.802. The SMILES string of the molecule is COc1ccc2c(O[C@H]3CCC4C(=O)N(C)CCCC/C=C\[C@@H]5C[C@@]5(C(=O)NS(=O)(=O)C5(C)CC5)NC(=O)[C@@H]4C3)cc(-c3nc(C(F)(F)F)cs3)nc2c1C. The number of hydrogen-bond acceptors (Lipinski definition) is 10. The Kier molecular flexibility index (Phi) is 10.2. The second-order valence-corrected chi connectivity index (χ2v) is 18.5. The summed E-state index contributed by atoms with van der Waals surface area (Å²) in [4.78, 5) is 52.3. The molecule has 3 amide bonds. The normalized spacial score (nSPS) is 27.6. The number of carbonyl (C=O) groups excluding carboxylic acids is 3. The number of halogens is 3. The number of thiazole rings is 1. The summed E-state index contributed by atoms with van der Waals surface area (Å²) in [5.74, 6) is -2.83. The highest BCUT2D eigenvalue weighted by atomic mass is 32.2. The van der Waals surface area contributed by atoms with Crippen LogP contribution in [0.15, 0.2) is 35.7 Å². The van der Waals surface area contributed by atoms with Crippen molar-refractivity contribution in [2.24, 2.45) is 17.8 Å². The first-order chi connectivity index (χ1) is 26.0. The molecule has 0 radical (unpaired) electrons. The third-order valence-corrected chi connectivity index (χ3v) is 14.6. The molecule has 55 heavy (non-hydrogen) atoms. The second kappa shape index (κ2) is 14.4. The number of hydrogen-bond donors (Lipinski definition) is 2. The number of methoxy groups -OCH3 is 1. The van der Waals surface area contributed by atoms with Crippen LogP contribution in [-0.4, -0.2) is 78.1 Å². The molecule has 1 aromatic carbocycles. The fraction of sp³-hybridized carbons (Fsp3) is 0.553. The number of aryl methyl sites for hydroxylation is 1. The van der Waals surface area contributed by atoms with Crippen LogP contribution in [0.5, 0.6) is 11.5 Å². The number of aromatic nitrogens is 2. The number of nitrogens with zero attached hydrogens (tertiary/aromatic N) is 3. The molecule has 3 fully saturated rings. The average molecular weight is 804 g/mol. The van der Waals surface area contributed by atoms with Crippen LogP contribution in [0.4, 0.5) is 13.2 Å². The van der Waals surface area contributed by atoms with Gasteiger partial charge in [-0.05, 0) is 83.8 Å². The van der Waals surface area contributed by atoms with Gasteiger partial charge in [0.25, 0.3) is 5.91 Å². The molecule has 0 spiro atoms. The minimum absolute atomic E-state index is 0.0401. The molecule has 12 nitrogen and oxygen atoms in total. The Hall–Kier alpha value is -4.25. The number of sulfonamides is 1. The highest BCUT2D eigenvalue weighted by molar-refractivity contribution is 7.91. The summed E-state index contributed by atoms with van der Waals surface area (Å²) in [5, 5.41) is 4.45. The minimum atomic E-state index is -4.64. The number of amides is 3. The van der Waals surface area contributed by atoms with Crippen molar-refractivity contribution in [3.8, 4) is 22.2 Å². The molecule has 3 aromatic rings. The van der Waals surface area contributed by atoms with Crippen LogP contribution in [0.25, 0.3) is 21.6 Å². The predicted octanol–water partition coefficient (Wildman–Crippen LogP) is 5.93. The maximum absolute atomic E-state index is 14.4. The highest BCUT2D eigenvalue weighted by Gasteiger charge is 2.63. The van der Waals surface area contributed by atoms with E-state index in [4.69, 9.17) is 9.47 Å². The van der Waals surface area contributed by atoms with Gasteiger partial charge in [-0.1, -0.05) is 12.2 Å². The standard InChI is InChI=1S/C38H44F3N5O7S2/c1-21-28(52-4)13-12-25-29(18-27(42-31(21)25)33-43-30(20-54-33)38(39,40)41)53-23-10-11-24-26(17-23)32(47)44-37(35(49)45-55(50,51)36(2)14-15-36)19-22(37)9-7-5-6-8-16-46(3)34(24)48/h7,9,12-13,18,20,22-24,26H,5-6,8,10-11,14-17,19H2,1-4H3,(H,44,47)(H,45,49)/b9-7-/t22-,23+,24?,26-,37-/m1/s1. The number of fused-ring (bicyclic) bond motifs is 3. The number of nitrogens with one attached hydrogen (secondary N) is 2. The van der Waals surface area contributed by atoms with E-state index in [2.05, 4.69) is 20.0 Å². The number of alkyl halides is 3.